The molecule has 30 heavy (non-hydrogen) atoms. The fourth-order valence-electron chi connectivity index (χ4n) is 3.49. The van der Waals surface area contributed by atoms with Gasteiger partial charge in [-0.2, -0.15) is 4.31 Å². The van der Waals surface area contributed by atoms with Crippen molar-refractivity contribution in [1.82, 2.24) is 8.87 Å². The molecule has 3 aromatic rings. The summed E-state index contributed by atoms with van der Waals surface area (Å²) in [4.78, 5) is 24.4. The van der Waals surface area contributed by atoms with Crippen molar-refractivity contribution in [1.29, 1.82) is 0 Å². The molecule has 1 aromatic heterocycles. The van der Waals surface area contributed by atoms with E-state index >= 15 is 0 Å². The molecule has 0 atom stereocenters. The predicted octanol–water partition coefficient (Wildman–Crippen LogP) is 2.55. The molecule has 1 aliphatic heterocycles. The van der Waals surface area contributed by atoms with Crippen LogP contribution in [-0.2, 0) is 21.4 Å². The fourth-order valence-corrected chi connectivity index (χ4v) is 5.02. The van der Waals surface area contributed by atoms with Gasteiger partial charge in [0.05, 0.1) is 16.1 Å². The first-order valence-electron chi connectivity index (χ1n) is 9.54. The van der Waals surface area contributed by atoms with Crippen molar-refractivity contribution in [2.45, 2.75) is 30.7 Å². The van der Waals surface area contributed by atoms with E-state index in [1.807, 2.05) is 0 Å². The van der Waals surface area contributed by atoms with Gasteiger partial charge in [-0.15, -0.1) is 0 Å². The highest BCUT2D eigenvalue weighted by molar-refractivity contribution is 7.89. The van der Waals surface area contributed by atoms with E-state index in [-0.39, 0.29) is 29.1 Å². The molecule has 0 aliphatic carbocycles. The molecule has 1 aliphatic rings. The van der Waals surface area contributed by atoms with Crippen LogP contribution in [0, 0.1) is 5.82 Å². The average Bonchev–Trinajstić information content (AvgIpc) is 3.36. The van der Waals surface area contributed by atoms with Crippen molar-refractivity contribution >= 4 is 32.7 Å². The van der Waals surface area contributed by atoms with Crippen molar-refractivity contribution in [2.75, 3.05) is 18.4 Å². The Morgan fingerprint density at radius 1 is 1.13 bits per heavy atom. The predicted molar refractivity (Wildman–Crippen MR) is 108 cm³/mol. The van der Waals surface area contributed by atoms with Crippen LogP contribution >= 0.6 is 0 Å². The number of hydrogen-bond acceptors (Lipinski definition) is 5. The second kappa shape index (κ2) is 8.04. The molecule has 1 fully saturated rings. The van der Waals surface area contributed by atoms with Gasteiger partial charge in [0.25, 0.3) is 0 Å². The summed E-state index contributed by atoms with van der Waals surface area (Å²) < 4.78 is 46.9. The van der Waals surface area contributed by atoms with Gasteiger partial charge in [-0.05, 0) is 37.1 Å². The molecule has 0 spiro atoms. The van der Waals surface area contributed by atoms with E-state index < -0.39 is 27.5 Å². The highest BCUT2D eigenvalue weighted by Gasteiger charge is 2.28. The number of nitrogens with zero attached hydrogens (tertiary/aromatic N) is 2. The number of aromatic nitrogens is 1. The van der Waals surface area contributed by atoms with E-state index in [0.29, 0.717) is 18.6 Å². The Balaban J connectivity index is 1.52. The minimum Gasteiger partial charge on any atom is -0.408 e. The van der Waals surface area contributed by atoms with Gasteiger partial charge in [-0.1, -0.05) is 12.1 Å². The smallest absolute Gasteiger partial charge is 0.408 e. The van der Waals surface area contributed by atoms with Crippen molar-refractivity contribution < 1.29 is 22.0 Å². The number of carbonyl (C=O) groups is 1. The molecule has 0 bridgehead atoms. The number of benzene rings is 2. The number of aryl methyl sites for hydroxylation is 1. The number of para-hydroxylation sites is 1. The van der Waals surface area contributed by atoms with Crippen LogP contribution in [0.3, 0.4) is 0 Å². The summed E-state index contributed by atoms with van der Waals surface area (Å²) in [6, 6.07) is 10.0. The molecule has 1 N–H and O–H groups in total. The van der Waals surface area contributed by atoms with Gasteiger partial charge in [0.15, 0.2) is 5.58 Å². The minimum absolute atomic E-state index is 0.00431. The van der Waals surface area contributed by atoms with Crippen LogP contribution < -0.4 is 11.1 Å². The molecule has 158 valence electrons. The topological polar surface area (TPSA) is 102 Å². The van der Waals surface area contributed by atoms with Gasteiger partial charge in [-0.3, -0.25) is 9.36 Å². The lowest BCUT2D eigenvalue weighted by Crippen LogP contribution is -2.27. The number of halogens is 1. The lowest BCUT2D eigenvalue weighted by molar-refractivity contribution is -0.116. The van der Waals surface area contributed by atoms with E-state index in [2.05, 4.69) is 5.32 Å². The summed E-state index contributed by atoms with van der Waals surface area (Å²) in [5.41, 5.74) is 0.581. The zero-order valence-electron chi connectivity index (χ0n) is 16.0. The first-order valence-corrected chi connectivity index (χ1v) is 11.0. The van der Waals surface area contributed by atoms with E-state index in [0.717, 1.165) is 12.8 Å². The number of oxazole rings is 1. The van der Waals surface area contributed by atoms with Crippen LogP contribution in [0.1, 0.15) is 19.3 Å². The van der Waals surface area contributed by atoms with Crippen molar-refractivity contribution in [2.24, 2.45) is 0 Å². The highest BCUT2D eigenvalue weighted by Crippen LogP contribution is 2.24. The second-order valence-corrected chi connectivity index (χ2v) is 8.98. The van der Waals surface area contributed by atoms with Crippen LogP contribution in [0.25, 0.3) is 11.1 Å². The number of rotatable bonds is 6. The lowest BCUT2D eigenvalue weighted by Gasteiger charge is -2.15. The lowest BCUT2D eigenvalue weighted by atomic mass is 10.3. The SMILES string of the molecule is O=C(CCn1c(=O)oc2cc(S(=O)(=O)N3CCCC3)ccc21)Nc1ccccc1F. The van der Waals surface area contributed by atoms with Crippen molar-refractivity contribution in [3.63, 3.8) is 0 Å². The molecular formula is C20H20FN3O5S. The molecule has 0 unspecified atom stereocenters. The molecule has 1 saturated heterocycles. The number of sulfonamides is 1. The number of nitrogens with one attached hydrogen (secondary N) is 1. The molecule has 0 saturated carbocycles. The quantitative estimate of drug-likeness (QED) is 0.644. The maximum absolute atomic E-state index is 13.6. The van der Waals surface area contributed by atoms with Gasteiger partial charge < -0.3 is 9.73 Å². The normalized spacial score (nSPS) is 15.0. The Bertz CT molecular complexity index is 1260. The first kappa shape index (κ1) is 20.3. The zero-order chi connectivity index (χ0) is 21.3. The Morgan fingerprint density at radius 2 is 1.87 bits per heavy atom. The van der Waals surface area contributed by atoms with Crippen LogP contribution in [-0.4, -0.2) is 36.3 Å². The summed E-state index contributed by atoms with van der Waals surface area (Å²) in [7, 11) is -3.64. The number of anilines is 1. The molecular weight excluding hydrogens is 413 g/mol. The molecule has 4 rings (SSSR count). The van der Waals surface area contributed by atoms with Crippen molar-refractivity contribution in [3.05, 3.63) is 58.8 Å². The largest absolute Gasteiger partial charge is 0.419 e. The van der Waals surface area contributed by atoms with Crippen LogP contribution in [0.15, 0.2) is 56.6 Å². The Hall–Kier alpha value is -2.98. The molecule has 10 heteroatoms. The van der Waals surface area contributed by atoms with Crippen LogP contribution in [0.5, 0.6) is 0 Å². The third kappa shape index (κ3) is 3.88. The molecule has 0 radical (unpaired) electrons. The summed E-state index contributed by atoms with van der Waals surface area (Å²) in [5, 5.41) is 2.46. The van der Waals surface area contributed by atoms with E-state index in [1.165, 1.54) is 45.3 Å². The van der Waals surface area contributed by atoms with Crippen LogP contribution in [0.4, 0.5) is 10.1 Å². The van der Waals surface area contributed by atoms with E-state index in [9.17, 15) is 22.4 Å². The Morgan fingerprint density at radius 3 is 2.60 bits per heavy atom. The number of carbonyl (C=O) groups excluding carboxylic acids is 1. The Labute approximate surface area is 172 Å². The van der Waals surface area contributed by atoms with Crippen LogP contribution in [0.2, 0.25) is 0 Å². The van der Waals surface area contributed by atoms with Gasteiger partial charge in [-0.25, -0.2) is 17.6 Å². The molecule has 8 nitrogen and oxygen atoms in total. The third-order valence-corrected chi connectivity index (χ3v) is 6.95. The monoisotopic (exact) mass is 433 g/mol. The van der Waals surface area contributed by atoms with E-state index in [1.54, 1.807) is 6.07 Å². The summed E-state index contributed by atoms with van der Waals surface area (Å²) in [6.07, 6.45) is 1.56. The number of hydrogen-bond donors (Lipinski definition) is 1. The standard InChI is InChI=1S/C20H20FN3O5S/c21-15-5-1-2-6-16(15)22-19(25)9-12-24-17-8-7-14(13-18(17)29-20(24)26)30(27,28)23-10-3-4-11-23/h1-2,5-8,13H,3-4,9-12H2,(H,22,25). The maximum Gasteiger partial charge on any atom is 0.419 e. The van der Waals surface area contributed by atoms with Gasteiger partial charge >= 0.3 is 5.76 Å². The number of amides is 1. The van der Waals surface area contributed by atoms with Crippen molar-refractivity contribution in [3.8, 4) is 0 Å². The first-order chi connectivity index (χ1) is 14.4. The molecule has 1 amide bonds. The average molecular weight is 433 g/mol. The Kier molecular flexibility index (Phi) is 5.44. The minimum atomic E-state index is -3.64. The summed E-state index contributed by atoms with van der Waals surface area (Å²) in [5.74, 6) is -1.71. The maximum atomic E-state index is 13.6. The summed E-state index contributed by atoms with van der Waals surface area (Å²) >= 11 is 0. The highest BCUT2D eigenvalue weighted by atomic mass is 32.2. The molecule has 2 heterocycles. The third-order valence-electron chi connectivity index (χ3n) is 5.05. The summed E-state index contributed by atoms with van der Waals surface area (Å²) in [6.45, 7) is 0.954. The second-order valence-electron chi connectivity index (χ2n) is 7.04. The van der Waals surface area contributed by atoms with E-state index in [4.69, 9.17) is 4.42 Å². The molecule has 2 aromatic carbocycles. The van der Waals surface area contributed by atoms with Gasteiger partial charge in [0, 0.05) is 32.1 Å². The number of fused-ring (bicyclic) bond motifs is 1. The fraction of sp³-hybridized carbons (Fsp3) is 0.300. The zero-order valence-corrected chi connectivity index (χ0v) is 16.8. The van der Waals surface area contributed by atoms with Gasteiger partial charge in [0.2, 0.25) is 15.9 Å². The van der Waals surface area contributed by atoms with Gasteiger partial charge in [0.1, 0.15) is 5.82 Å².